The molecule has 23 heavy (non-hydrogen) atoms. The van der Waals surface area contributed by atoms with Crippen LogP contribution in [-0.2, 0) is 19.6 Å². The number of aromatic nitrogens is 2. The van der Waals surface area contributed by atoms with Gasteiger partial charge in [-0.05, 0) is 12.8 Å². The summed E-state index contributed by atoms with van der Waals surface area (Å²) < 4.78 is 25.9. The van der Waals surface area contributed by atoms with E-state index in [4.69, 9.17) is 0 Å². The Morgan fingerprint density at radius 3 is 2.22 bits per heavy atom. The van der Waals surface area contributed by atoms with Crippen molar-refractivity contribution in [2.75, 3.05) is 13.1 Å². The topological polar surface area (TPSA) is 103 Å². The largest absolute Gasteiger partial charge is 0.335 e. The number of amides is 2. The van der Waals surface area contributed by atoms with E-state index in [1.807, 2.05) is 12.2 Å². The highest BCUT2D eigenvalue weighted by molar-refractivity contribution is 7.89. The number of allylic oxidation sites excluding steroid dienone is 2. The molecule has 3 aliphatic rings. The van der Waals surface area contributed by atoms with Crippen LogP contribution in [0.5, 0.6) is 0 Å². The van der Waals surface area contributed by atoms with E-state index in [2.05, 4.69) is 9.97 Å². The Kier molecular flexibility index (Phi) is 3.17. The van der Waals surface area contributed by atoms with E-state index in [1.54, 1.807) is 0 Å². The number of carbonyl (C=O) groups excluding carboxylic acids is 2. The van der Waals surface area contributed by atoms with E-state index in [0.29, 0.717) is 12.8 Å². The molecule has 9 heteroatoms. The van der Waals surface area contributed by atoms with E-state index in [9.17, 15) is 18.0 Å². The molecular weight excluding hydrogens is 320 g/mol. The fourth-order valence-corrected chi connectivity index (χ4v) is 4.90. The van der Waals surface area contributed by atoms with Crippen molar-refractivity contribution in [3.05, 3.63) is 24.7 Å². The molecule has 0 radical (unpaired) electrons. The summed E-state index contributed by atoms with van der Waals surface area (Å²) in [6.45, 7) is 0.289. The van der Waals surface area contributed by atoms with Gasteiger partial charge in [-0.3, -0.25) is 14.5 Å². The van der Waals surface area contributed by atoms with Gasteiger partial charge in [0.2, 0.25) is 11.8 Å². The maximum absolute atomic E-state index is 12.5. The molecule has 1 N–H and O–H groups in total. The Balaban J connectivity index is 1.48. The van der Waals surface area contributed by atoms with Gasteiger partial charge in [0.1, 0.15) is 0 Å². The summed E-state index contributed by atoms with van der Waals surface area (Å²) in [7, 11) is -3.63. The van der Waals surface area contributed by atoms with Gasteiger partial charge >= 0.3 is 0 Å². The second-order valence-corrected chi connectivity index (χ2v) is 8.00. The van der Waals surface area contributed by atoms with Crippen LogP contribution >= 0.6 is 0 Å². The summed E-state index contributed by atoms with van der Waals surface area (Å²) in [5.74, 6) is -0.864. The third kappa shape index (κ3) is 2.07. The zero-order chi connectivity index (χ0) is 16.2. The van der Waals surface area contributed by atoms with Crippen LogP contribution in [0.4, 0.5) is 0 Å². The van der Waals surface area contributed by atoms with E-state index in [0.717, 1.165) is 0 Å². The summed E-state index contributed by atoms with van der Waals surface area (Å²) in [6.07, 6.45) is 7.60. The molecule has 4 rings (SSSR count). The fraction of sp³-hybridized carbons (Fsp3) is 0.500. The standard InChI is InChI=1S/C14H16N4O4S/c19-13-10-3-1-2-4-11(10)14(20)18(13)9-6-17(7-9)23(21,22)12-5-15-8-16-12/h1-2,5,8-11H,3-4,6-7H2,(H,15,16)/t10-,11-/m1/s1. The van der Waals surface area contributed by atoms with Gasteiger partial charge in [0.05, 0.1) is 30.4 Å². The Morgan fingerprint density at radius 2 is 1.70 bits per heavy atom. The van der Waals surface area contributed by atoms with Gasteiger partial charge < -0.3 is 4.98 Å². The molecule has 2 amide bonds. The van der Waals surface area contributed by atoms with Crippen LogP contribution < -0.4 is 0 Å². The second kappa shape index (κ2) is 5.00. The minimum absolute atomic E-state index is 0.0212. The molecule has 2 saturated heterocycles. The summed E-state index contributed by atoms with van der Waals surface area (Å²) in [6, 6.07) is -0.363. The lowest BCUT2D eigenvalue weighted by molar-refractivity contribution is -0.145. The third-order valence-corrected chi connectivity index (χ3v) is 6.58. The van der Waals surface area contributed by atoms with Crippen LogP contribution in [-0.4, -0.2) is 58.5 Å². The molecule has 2 atom stereocenters. The number of carbonyl (C=O) groups is 2. The molecule has 0 aromatic carbocycles. The van der Waals surface area contributed by atoms with E-state index in [1.165, 1.54) is 21.7 Å². The van der Waals surface area contributed by atoms with Crippen LogP contribution in [0, 0.1) is 11.8 Å². The highest BCUT2D eigenvalue weighted by atomic mass is 32.2. The van der Waals surface area contributed by atoms with Crippen LogP contribution in [0.25, 0.3) is 0 Å². The minimum Gasteiger partial charge on any atom is -0.335 e. The number of aromatic amines is 1. The molecule has 0 unspecified atom stereocenters. The maximum atomic E-state index is 12.5. The van der Waals surface area contributed by atoms with Crippen LogP contribution in [0.1, 0.15) is 12.8 Å². The number of H-pyrrole nitrogens is 1. The molecular formula is C14H16N4O4S. The molecule has 2 aliphatic heterocycles. The summed E-state index contributed by atoms with van der Waals surface area (Å²) >= 11 is 0. The van der Waals surface area contributed by atoms with E-state index < -0.39 is 10.0 Å². The number of nitrogens with one attached hydrogen (secondary N) is 1. The van der Waals surface area contributed by atoms with Crippen molar-refractivity contribution in [1.29, 1.82) is 0 Å². The zero-order valence-corrected chi connectivity index (χ0v) is 13.1. The lowest BCUT2D eigenvalue weighted by atomic mass is 9.85. The molecule has 122 valence electrons. The SMILES string of the molecule is O=C1[C@@H]2CC=CC[C@H]2C(=O)N1C1CN(S(=O)(=O)c2cnc[nH]2)C1. The van der Waals surface area contributed by atoms with Gasteiger partial charge in [-0.2, -0.15) is 4.31 Å². The zero-order valence-electron chi connectivity index (χ0n) is 12.3. The number of likely N-dealkylation sites (tertiary alicyclic amines) is 1. The van der Waals surface area contributed by atoms with Crippen molar-refractivity contribution < 1.29 is 18.0 Å². The first-order valence-corrected chi connectivity index (χ1v) is 8.94. The molecule has 8 nitrogen and oxygen atoms in total. The predicted octanol–water partition coefficient (Wildman–Crippen LogP) is -0.266. The number of hydrogen-bond acceptors (Lipinski definition) is 5. The Labute approximate surface area is 133 Å². The third-order valence-electron chi connectivity index (χ3n) is 4.83. The molecule has 0 spiro atoms. The van der Waals surface area contributed by atoms with Crippen LogP contribution in [0.15, 0.2) is 29.7 Å². The van der Waals surface area contributed by atoms with Crippen LogP contribution in [0.3, 0.4) is 0 Å². The highest BCUT2D eigenvalue weighted by Gasteiger charge is 2.53. The molecule has 1 aromatic heterocycles. The molecule has 0 bridgehead atoms. The van der Waals surface area contributed by atoms with Crippen molar-refractivity contribution in [2.24, 2.45) is 11.8 Å². The lowest BCUT2D eigenvalue weighted by Crippen LogP contribution is -2.62. The van der Waals surface area contributed by atoms with Gasteiger partial charge in [-0.1, -0.05) is 12.2 Å². The van der Waals surface area contributed by atoms with Crippen LogP contribution in [0.2, 0.25) is 0 Å². The quantitative estimate of drug-likeness (QED) is 0.605. The Hall–Kier alpha value is -2.00. The molecule has 1 aromatic rings. The average Bonchev–Trinajstić information content (AvgIpc) is 3.10. The second-order valence-electron chi connectivity index (χ2n) is 6.09. The van der Waals surface area contributed by atoms with Gasteiger partial charge in [0.15, 0.2) is 5.03 Å². The Bertz CT molecular complexity index is 754. The van der Waals surface area contributed by atoms with Crippen molar-refractivity contribution in [3.63, 3.8) is 0 Å². The number of fused-ring (bicyclic) bond motifs is 1. The number of imidazole rings is 1. The Morgan fingerprint density at radius 1 is 1.09 bits per heavy atom. The number of sulfonamides is 1. The van der Waals surface area contributed by atoms with E-state index >= 15 is 0 Å². The average molecular weight is 336 g/mol. The van der Waals surface area contributed by atoms with Gasteiger partial charge in [-0.25, -0.2) is 13.4 Å². The number of imide groups is 1. The van der Waals surface area contributed by atoms with Gasteiger partial charge in [0.25, 0.3) is 10.0 Å². The number of nitrogens with zero attached hydrogens (tertiary/aromatic N) is 3. The molecule has 0 saturated carbocycles. The minimum atomic E-state index is -3.63. The van der Waals surface area contributed by atoms with E-state index in [-0.39, 0.29) is 47.8 Å². The molecule has 1 aliphatic carbocycles. The summed E-state index contributed by atoms with van der Waals surface area (Å²) in [5.41, 5.74) is 0. The first-order valence-electron chi connectivity index (χ1n) is 7.50. The summed E-state index contributed by atoms with van der Waals surface area (Å²) in [5, 5.41) is 0.0212. The normalized spacial score (nSPS) is 29.0. The van der Waals surface area contributed by atoms with Gasteiger partial charge in [0, 0.05) is 13.1 Å². The van der Waals surface area contributed by atoms with Crippen molar-refractivity contribution >= 4 is 21.8 Å². The highest BCUT2D eigenvalue weighted by Crippen LogP contribution is 2.38. The molecule has 3 heterocycles. The lowest BCUT2D eigenvalue weighted by Gasteiger charge is -2.41. The summed E-state index contributed by atoms with van der Waals surface area (Å²) in [4.78, 5) is 32.5. The first-order chi connectivity index (χ1) is 11.0. The van der Waals surface area contributed by atoms with Crippen molar-refractivity contribution in [2.45, 2.75) is 23.9 Å². The van der Waals surface area contributed by atoms with Crippen molar-refractivity contribution in [3.8, 4) is 0 Å². The number of hydrogen-bond donors (Lipinski definition) is 1. The smallest absolute Gasteiger partial charge is 0.260 e. The monoisotopic (exact) mass is 336 g/mol. The fourth-order valence-electron chi connectivity index (χ4n) is 3.49. The molecule has 2 fully saturated rings. The maximum Gasteiger partial charge on any atom is 0.260 e. The first kappa shape index (κ1) is 14.6. The van der Waals surface area contributed by atoms with Gasteiger partial charge in [-0.15, -0.1) is 0 Å². The number of rotatable bonds is 3. The predicted molar refractivity (Wildman–Crippen MR) is 78.3 cm³/mol. The van der Waals surface area contributed by atoms with Crippen molar-refractivity contribution in [1.82, 2.24) is 19.2 Å².